The largest absolute Gasteiger partial charge is 0.481 e. The van der Waals surface area contributed by atoms with E-state index in [-0.39, 0.29) is 18.8 Å². The van der Waals surface area contributed by atoms with Crippen molar-refractivity contribution in [1.82, 2.24) is 19.3 Å². The van der Waals surface area contributed by atoms with E-state index < -0.39 is 36.2 Å². The first-order valence-electron chi connectivity index (χ1n) is 11.4. The van der Waals surface area contributed by atoms with E-state index in [4.69, 9.17) is 9.47 Å². The van der Waals surface area contributed by atoms with Crippen LogP contribution >= 0.6 is 0 Å². The van der Waals surface area contributed by atoms with Gasteiger partial charge in [-0.05, 0) is 45.9 Å². The summed E-state index contributed by atoms with van der Waals surface area (Å²) in [4.78, 5) is 22.4. The Morgan fingerprint density at radius 2 is 1.94 bits per heavy atom. The Balaban J connectivity index is 1.48. The predicted molar refractivity (Wildman–Crippen MR) is 125 cm³/mol. The lowest BCUT2D eigenvalue weighted by molar-refractivity contribution is -0.189. The summed E-state index contributed by atoms with van der Waals surface area (Å²) in [6, 6.07) is 7.31. The number of halogens is 4. The van der Waals surface area contributed by atoms with Crippen LogP contribution in [-0.2, 0) is 4.74 Å². The standard InChI is InChI=1S/C24H27F4N5O3/c1-14(24(26,27)28)35-15-8-9-33-19(11-29-21(33)10-15)17-6-5-7-20(30-17)31-18-13-32(12-16(18)25)22(34)36-23(2,3)4/h5-11,14,16,18H,12-13H2,1-4H3,(H,30,31)/t14-,16-,18-/m0/s1. The Morgan fingerprint density at radius 1 is 1.19 bits per heavy atom. The lowest BCUT2D eigenvalue weighted by atomic mass is 10.2. The van der Waals surface area contributed by atoms with Gasteiger partial charge in [-0.2, -0.15) is 13.2 Å². The molecule has 4 heterocycles. The first-order valence-corrected chi connectivity index (χ1v) is 11.4. The van der Waals surface area contributed by atoms with Gasteiger partial charge in [0.25, 0.3) is 0 Å². The van der Waals surface area contributed by atoms with Crippen LogP contribution in [0.25, 0.3) is 17.0 Å². The Kier molecular flexibility index (Phi) is 6.72. The number of hydrogen-bond acceptors (Lipinski definition) is 6. The molecule has 0 spiro atoms. The molecule has 3 aromatic rings. The number of aromatic nitrogens is 3. The van der Waals surface area contributed by atoms with E-state index in [1.54, 1.807) is 49.6 Å². The van der Waals surface area contributed by atoms with Crippen molar-refractivity contribution in [1.29, 1.82) is 0 Å². The van der Waals surface area contributed by atoms with Crippen LogP contribution in [0.3, 0.4) is 0 Å². The highest BCUT2D eigenvalue weighted by Gasteiger charge is 2.38. The fourth-order valence-electron chi connectivity index (χ4n) is 3.72. The highest BCUT2D eigenvalue weighted by Crippen LogP contribution is 2.28. The Labute approximate surface area is 205 Å². The molecule has 0 unspecified atom stereocenters. The molecule has 0 aromatic carbocycles. The third-order valence-electron chi connectivity index (χ3n) is 5.50. The number of imidazole rings is 1. The molecule has 1 N–H and O–H groups in total. The van der Waals surface area contributed by atoms with Gasteiger partial charge in [0.15, 0.2) is 6.10 Å². The van der Waals surface area contributed by atoms with Gasteiger partial charge in [-0.25, -0.2) is 19.2 Å². The molecular formula is C24H27F4N5O3. The van der Waals surface area contributed by atoms with Crippen LogP contribution in [-0.4, -0.2) is 68.5 Å². The van der Waals surface area contributed by atoms with E-state index in [0.29, 0.717) is 22.9 Å². The molecule has 1 saturated heterocycles. The monoisotopic (exact) mass is 509 g/mol. The van der Waals surface area contributed by atoms with Crippen LogP contribution in [0, 0.1) is 0 Å². The average Bonchev–Trinajstić information content (AvgIpc) is 3.35. The van der Waals surface area contributed by atoms with Gasteiger partial charge in [-0.3, -0.25) is 4.40 Å². The van der Waals surface area contributed by atoms with Gasteiger partial charge in [0, 0.05) is 18.8 Å². The number of ether oxygens (including phenoxy) is 2. The van der Waals surface area contributed by atoms with Crippen LogP contribution in [0.5, 0.6) is 5.75 Å². The second kappa shape index (κ2) is 9.47. The number of anilines is 1. The summed E-state index contributed by atoms with van der Waals surface area (Å²) >= 11 is 0. The minimum atomic E-state index is -4.48. The van der Waals surface area contributed by atoms with Gasteiger partial charge >= 0.3 is 12.3 Å². The quantitative estimate of drug-likeness (QED) is 0.483. The van der Waals surface area contributed by atoms with Crippen molar-refractivity contribution < 1.29 is 31.8 Å². The number of carbonyl (C=O) groups excluding carboxylic acids is 1. The molecule has 0 bridgehead atoms. The van der Waals surface area contributed by atoms with E-state index in [1.165, 1.54) is 23.2 Å². The molecule has 1 aliphatic rings. The number of nitrogens with zero attached hydrogens (tertiary/aromatic N) is 4. The maximum atomic E-state index is 14.7. The SMILES string of the molecule is C[C@H](Oc1ccn2c(-c3cccc(N[C@H]4CN(C(=O)OC(C)(C)C)C[C@@H]4F)n3)cnc2c1)C(F)(F)F. The zero-order valence-corrected chi connectivity index (χ0v) is 20.2. The molecule has 12 heteroatoms. The number of nitrogens with one attached hydrogen (secondary N) is 1. The zero-order valence-electron chi connectivity index (χ0n) is 20.2. The fourth-order valence-corrected chi connectivity index (χ4v) is 3.72. The summed E-state index contributed by atoms with van der Waals surface area (Å²) in [6.45, 7) is 6.21. The highest BCUT2D eigenvalue weighted by molar-refractivity contribution is 5.69. The van der Waals surface area contributed by atoms with Crippen molar-refractivity contribution in [2.24, 2.45) is 0 Å². The van der Waals surface area contributed by atoms with E-state index >= 15 is 0 Å². The van der Waals surface area contributed by atoms with Crippen LogP contribution < -0.4 is 10.1 Å². The molecule has 0 aliphatic carbocycles. The minimum absolute atomic E-state index is 0.0395. The average molecular weight is 510 g/mol. The maximum Gasteiger partial charge on any atom is 0.425 e. The molecule has 8 nitrogen and oxygen atoms in total. The first-order chi connectivity index (χ1) is 16.8. The summed E-state index contributed by atoms with van der Waals surface area (Å²) < 4.78 is 65.0. The topological polar surface area (TPSA) is 81.0 Å². The minimum Gasteiger partial charge on any atom is -0.481 e. The molecule has 4 rings (SSSR count). The molecule has 1 aliphatic heterocycles. The van der Waals surface area contributed by atoms with Gasteiger partial charge in [-0.15, -0.1) is 0 Å². The maximum absolute atomic E-state index is 14.7. The summed E-state index contributed by atoms with van der Waals surface area (Å²) in [5.74, 6) is 0.442. The third-order valence-corrected chi connectivity index (χ3v) is 5.50. The molecule has 36 heavy (non-hydrogen) atoms. The Bertz CT molecular complexity index is 1240. The number of likely N-dealkylation sites (tertiary alicyclic amines) is 1. The van der Waals surface area contributed by atoms with Crippen LogP contribution in [0.4, 0.5) is 28.2 Å². The van der Waals surface area contributed by atoms with Crippen LogP contribution in [0.2, 0.25) is 0 Å². The first kappa shape index (κ1) is 25.5. The molecule has 1 fully saturated rings. The van der Waals surface area contributed by atoms with Crippen molar-refractivity contribution in [3.63, 3.8) is 0 Å². The summed E-state index contributed by atoms with van der Waals surface area (Å²) in [6.07, 6.45) is -5.24. The number of amides is 1. The van der Waals surface area contributed by atoms with Gasteiger partial charge in [0.1, 0.15) is 29.0 Å². The molecule has 0 radical (unpaired) electrons. The fraction of sp³-hybridized carbons (Fsp3) is 0.458. The predicted octanol–water partition coefficient (Wildman–Crippen LogP) is 5.10. The second-order valence-electron chi connectivity index (χ2n) is 9.60. The Morgan fingerprint density at radius 3 is 2.64 bits per heavy atom. The molecule has 194 valence electrons. The number of fused-ring (bicyclic) bond motifs is 1. The van der Waals surface area contributed by atoms with E-state index in [2.05, 4.69) is 15.3 Å². The molecule has 1 amide bonds. The summed E-state index contributed by atoms with van der Waals surface area (Å²) in [5, 5.41) is 3.04. The molecule has 3 aromatic heterocycles. The van der Waals surface area contributed by atoms with Crippen molar-refractivity contribution in [2.45, 2.75) is 57.8 Å². The summed E-state index contributed by atoms with van der Waals surface area (Å²) in [5.41, 5.74) is 0.802. The number of carbonyl (C=O) groups is 1. The van der Waals surface area contributed by atoms with Crippen molar-refractivity contribution in [3.8, 4) is 17.1 Å². The lowest BCUT2D eigenvalue weighted by Crippen LogP contribution is -2.36. The highest BCUT2D eigenvalue weighted by atomic mass is 19.4. The number of pyridine rings is 2. The van der Waals surface area contributed by atoms with Crippen molar-refractivity contribution >= 4 is 17.6 Å². The Hall–Kier alpha value is -3.57. The third kappa shape index (κ3) is 5.80. The van der Waals surface area contributed by atoms with Crippen LogP contribution in [0.1, 0.15) is 27.7 Å². The number of rotatable bonds is 5. The van der Waals surface area contributed by atoms with Gasteiger partial charge in [0.05, 0.1) is 30.2 Å². The van der Waals surface area contributed by atoms with Crippen molar-refractivity contribution in [3.05, 3.63) is 42.7 Å². The van der Waals surface area contributed by atoms with Gasteiger partial charge < -0.3 is 19.7 Å². The molecular weight excluding hydrogens is 482 g/mol. The summed E-state index contributed by atoms with van der Waals surface area (Å²) in [7, 11) is 0. The van der Waals surface area contributed by atoms with Gasteiger partial charge in [0.2, 0.25) is 0 Å². The van der Waals surface area contributed by atoms with E-state index in [0.717, 1.165) is 6.92 Å². The van der Waals surface area contributed by atoms with E-state index in [9.17, 15) is 22.4 Å². The second-order valence-corrected chi connectivity index (χ2v) is 9.60. The number of alkyl halides is 4. The van der Waals surface area contributed by atoms with Gasteiger partial charge in [-0.1, -0.05) is 6.07 Å². The van der Waals surface area contributed by atoms with E-state index in [1.807, 2.05) is 0 Å². The molecule has 3 atom stereocenters. The van der Waals surface area contributed by atoms with Crippen LogP contribution in [0.15, 0.2) is 42.7 Å². The smallest absolute Gasteiger partial charge is 0.425 e. The molecule has 0 saturated carbocycles. The van der Waals surface area contributed by atoms with Crippen molar-refractivity contribution in [2.75, 3.05) is 18.4 Å². The lowest BCUT2D eigenvalue weighted by Gasteiger charge is -2.24. The number of hydrogen-bond donors (Lipinski definition) is 1. The zero-order chi connectivity index (χ0) is 26.3. The normalized spacial score (nSPS) is 19.4.